The van der Waals surface area contributed by atoms with Crippen molar-refractivity contribution in [2.75, 3.05) is 13.2 Å². The highest BCUT2D eigenvalue weighted by molar-refractivity contribution is 5.99. The summed E-state index contributed by atoms with van der Waals surface area (Å²) >= 11 is 0. The maximum absolute atomic E-state index is 11.6. The second-order valence-electron chi connectivity index (χ2n) is 6.83. The number of alkyl carbamates (subject to hydrolysis) is 2. The van der Waals surface area contributed by atoms with E-state index in [1.54, 1.807) is 0 Å². The third-order valence-corrected chi connectivity index (χ3v) is 4.80. The summed E-state index contributed by atoms with van der Waals surface area (Å²) in [5, 5.41) is 12.0. The summed E-state index contributed by atoms with van der Waals surface area (Å²) in [5.41, 5.74) is 0. The lowest BCUT2D eigenvalue weighted by Crippen LogP contribution is -2.44. The van der Waals surface area contributed by atoms with Gasteiger partial charge in [-0.05, 0) is 37.5 Å². The summed E-state index contributed by atoms with van der Waals surface area (Å²) in [4.78, 5) is 23.2. The van der Waals surface area contributed by atoms with Gasteiger partial charge in [-0.2, -0.15) is 0 Å². The quantitative estimate of drug-likeness (QED) is 0.539. The first-order valence-corrected chi connectivity index (χ1v) is 9.09. The van der Waals surface area contributed by atoms with Crippen molar-refractivity contribution >= 4 is 18.1 Å². The molecule has 2 rings (SSSR count). The first kappa shape index (κ1) is 18.5. The molecule has 2 saturated carbocycles. The molecule has 0 saturated heterocycles. The lowest BCUT2D eigenvalue weighted by Gasteiger charge is -2.21. The van der Waals surface area contributed by atoms with Crippen molar-refractivity contribution in [3.63, 3.8) is 0 Å². The lowest BCUT2D eigenvalue weighted by molar-refractivity contribution is 0.117. The minimum atomic E-state index is -0.710. The Hall–Kier alpha value is -1.79. The monoisotopic (exact) mass is 339 g/mol. The Bertz CT molecular complexity index is 392. The number of guanidine groups is 1. The molecule has 0 heterocycles. The van der Waals surface area contributed by atoms with E-state index in [4.69, 9.17) is 14.9 Å². The number of hydrogen-bond acceptors (Lipinski definition) is 5. The Morgan fingerprint density at radius 1 is 0.750 bits per heavy atom. The number of rotatable bonds is 4. The van der Waals surface area contributed by atoms with Crippen molar-refractivity contribution < 1.29 is 19.1 Å². The Morgan fingerprint density at radius 3 is 1.50 bits per heavy atom. The average molecular weight is 339 g/mol. The van der Waals surface area contributed by atoms with E-state index in [0.29, 0.717) is 25.0 Å². The van der Waals surface area contributed by atoms with E-state index < -0.39 is 18.1 Å². The molecule has 3 N–H and O–H groups in total. The Morgan fingerprint density at radius 2 is 1.12 bits per heavy atom. The van der Waals surface area contributed by atoms with Crippen molar-refractivity contribution in [1.29, 1.82) is 5.41 Å². The molecular formula is C17H29N3O4. The molecular weight excluding hydrogens is 310 g/mol. The molecule has 0 radical (unpaired) electrons. The number of carbonyl (C=O) groups is 2. The van der Waals surface area contributed by atoms with Crippen LogP contribution in [0.2, 0.25) is 0 Å². The molecule has 2 aliphatic rings. The molecule has 0 spiro atoms. The van der Waals surface area contributed by atoms with E-state index in [2.05, 4.69) is 10.6 Å². The van der Waals surface area contributed by atoms with Gasteiger partial charge < -0.3 is 9.47 Å². The van der Waals surface area contributed by atoms with Crippen LogP contribution in [0.5, 0.6) is 0 Å². The maximum Gasteiger partial charge on any atom is 0.413 e. The Balaban J connectivity index is 1.55. The van der Waals surface area contributed by atoms with Gasteiger partial charge in [-0.25, -0.2) is 9.59 Å². The molecule has 2 amide bonds. The van der Waals surface area contributed by atoms with Gasteiger partial charge in [-0.3, -0.25) is 16.0 Å². The number of ether oxygens (including phenoxy) is 2. The van der Waals surface area contributed by atoms with Gasteiger partial charge in [0.05, 0.1) is 13.2 Å². The number of hydrogen-bond donors (Lipinski definition) is 3. The number of nitrogens with one attached hydrogen (secondary N) is 3. The molecule has 7 nitrogen and oxygen atoms in total. The summed E-state index contributed by atoms with van der Waals surface area (Å²) in [6.07, 6.45) is 10.1. The van der Waals surface area contributed by atoms with Gasteiger partial charge >= 0.3 is 12.2 Å². The van der Waals surface area contributed by atoms with E-state index in [-0.39, 0.29) is 0 Å². The zero-order valence-electron chi connectivity index (χ0n) is 14.3. The van der Waals surface area contributed by atoms with Gasteiger partial charge in [-0.1, -0.05) is 38.5 Å². The highest BCUT2D eigenvalue weighted by atomic mass is 16.6. The van der Waals surface area contributed by atoms with E-state index in [9.17, 15) is 9.59 Å². The highest BCUT2D eigenvalue weighted by Crippen LogP contribution is 2.24. The molecule has 136 valence electrons. The number of carbonyl (C=O) groups excluding carboxylic acids is 2. The Kier molecular flexibility index (Phi) is 7.85. The average Bonchev–Trinajstić information content (AvgIpc) is 2.60. The molecule has 0 bridgehead atoms. The first-order chi connectivity index (χ1) is 11.6. The lowest BCUT2D eigenvalue weighted by atomic mass is 9.90. The van der Waals surface area contributed by atoms with E-state index in [1.165, 1.54) is 38.5 Å². The van der Waals surface area contributed by atoms with Crippen molar-refractivity contribution in [3.8, 4) is 0 Å². The maximum atomic E-state index is 11.6. The van der Waals surface area contributed by atoms with Crippen LogP contribution >= 0.6 is 0 Å². The number of amides is 2. The molecule has 2 aliphatic carbocycles. The smallest absolute Gasteiger partial charge is 0.413 e. The van der Waals surface area contributed by atoms with Crippen molar-refractivity contribution in [1.82, 2.24) is 10.6 Å². The standard InChI is InChI=1S/C17H29N3O4/c18-15(19-16(21)23-11-13-7-3-1-4-8-13)20-17(22)24-12-14-9-5-2-6-10-14/h13-14H,1-12H2,(H3,18,19,20,21,22). The molecule has 0 aromatic rings. The second kappa shape index (κ2) is 10.2. The van der Waals surface area contributed by atoms with Crippen LogP contribution in [0.1, 0.15) is 64.2 Å². The minimum Gasteiger partial charge on any atom is -0.449 e. The van der Waals surface area contributed by atoms with Crippen LogP contribution in [0, 0.1) is 17.2 Å². The van der Waals surface area contributed by atoms with Gasteiger partial charge in [0.1, 0.15) is 0 Å². The Labute approximate surface area is 143 Å². The fourth-order valence-electron chi connectivity index (χ4n) is 3.40. The van der Waals surface area contributed by atoms with E-state index in [1.807, 2.05) is 0 Å². The normalized spacial score (nSPS) is 19.3. The SMILES string of the molecule is N=C(NC(=O)OCC1CCCCC1)NC(=O)OCC1CCCCC1. The highest BCUT2D eigenvalue weighted by Gasteiger charge is 2.18. The molecule has 24 heavy (non-hydrogen) atoms. The topological polar surface area (TPSA) is 101 Å². The summed E-state index contributed by atoms with van der Waals surface area (Å²) in [5.74, 6) is 0.400. The zero-order chi connectivity index (χ0) is 17.2. The molecule has 0 atom stereocenters. The first-order valence-electron chi connectivity index (χ1n) is 9.09. The van der Waals surface area contributed by atoms with Crippen molar-refractivity contribution in [2.45, 2.75) is 64.2 Å². The van der Waals surface area contributed by atoms with Crippen LogP contribution in [0.3, 0.4) is 0 Å². The third-order valence-electron chi connectivity index (χ3n) is 4.80. The van der Waals surface area contributed by atoms with Crippen LogP contribution in [0.15, 0.2) is 0 Å². The molecule has 0 unspecified atom stereocenters. The molecule has 2 fully saturated rings. The predicted molar refractivity (Wildman–Crippen MR) is 89.8 cm³/mol. The summed E-state index contributed by atoms with van der Waals surface area (Å²) < 4.78 is 10.2. The van der Waals surface area contributed by atoms with Crippen molar-refractivity contribution in [3.05, 3.63) is 0 Å². The van der Waals surface area contributed by atoms with Gasteiger partial charge in [0.2, 0.25) is 5.96 Å². The predicted octanol–water partition coefficient (Wildman–Crippen LogP) is 3.53. The van der Waals surface area contributed by atoms with Gasteiger partial charge in [-0.15, -0.1) is 0 Å². The van der Waals surface area contributed by atoms with Crippen LogP contribution in [0.4, 0.5) is 9.59 Å². The molecule has 7 heteroatoms. The summed E-state index contributed by atoms with van der Waals surface area (Å²) in [7, 11) is 0. The largest absolute Gasteiger partial charge is 0.449 e. The molecule has 0 aromatic heterocycles. The summed E-state index contributed by atoms with van der Waals surface area (Å²) in [6, 6.07) is 0. The van der Waals surface area contributed by atoms with Crippen LogP contribution < -0.4 is 10.6 Å². The van der Waals surface area contributed by atoms with E-state index in [0.717, 1.165) is 25.7 Å². The molecule has 0 aromatic carbocycles. The van der Waals surface area contributed by atoms with Crippen LogP contribution in [0.25, 0.3) is 0 Å². The fourth-order valence-corrected chi connectivity index (χ4v) is 3.40. The van der Waals surface area contributed by atoms with Gasteiger partial charge in [0.25, 0.3) is 0 Å². The van der Waals surface area contributed by atoms with Crippen molar-refractivity contribution in [2.24, 2.45) is 11.8 Å². The van der Waals surface area contributed by atoms with Gasteiger partial charge in [0, 0.05) is 0 Å². The summed E-state index contributed by atoms with van der Waals surface area (Å²) in [6.45, 7) is 0.733. The van der Waals surface area contributed by atoms with E-state index >= 15 is 0 Å². The van der Waals surface area contributed by atoms with Crippen LogP contribution in [-0.4, -0.2) is 31.4 Å². The third kappa shape index (κ3) is 7.19. The minimum absolute atomic E-state index is 0.366. The van der Waals surface area contributed by atoms with Crippen LogP contribution in [-0.2, 0) is 9.47 Å². The zero-order valence-corrected chi connectivity index (χ0v) is 14.3. The fraction of sp³-hybridized carbons (Fsp3) is 0.824. The second-order valence-corrected chi connectivity index (χ2v) is 6.83. The molecule has 0 aliphatic heterocycles. The van der Waals surface area contributed by atoms with Gasteiger partial charge in [0.15, 0.2) is 0 Å².